The third-order valence-corrected chi connectivity index (χ3v) is 4.08. The number of unbranched alkanes of at least 4 members (excludes halogenated alkanes) is 1. The lowest BCUT2D eigenvalue weighted by Gasteiger charge is -2.12. The number of benzene rings is 2. The average molecular weight is 384 g/mol. The minimum Gasteiger partial charge on any atom is -0.493 e. The lowest BCUT2D eigenvalue weighted by Crippen LogP contribution is -2.31. The number of esters is 1. The molecule has 0 aliphatic heterocycles. The second kappa shape index (κ2) is 11.6. The Bertz CT molecular complexity index is 777. The van der Waals surface area contributed by atoms with Gasteiger partial charge in [0, 0.05) is 6.54 Å². The number of anilines is 1. The van der Waals surface area contributed by atoms with Crippen LogP contribution in [0.1, 0.15) is 42.1 Å². The van der Waals surface area contributed by atoms with Crippen molar-refractivity contribution in [2.45, 2.75) is 33.1 Å². The number of hydrogen-bond donors (Lipinski definition) is 2. The number of para-hydroxylation sites is 2. The fourth-order valence-corrected chi connectivity index (χ4v) is 2.50. The minimum absolute atomic E-state index is 0.344. The summed E-state index contributed by atoms with van der Waals surface area (Å²) in [5, 5.41) is 5.48. The van der Waals surface area contributed by atoms with E-state index in [9.17, 15) is 9.59 Å². The first kappa shape index (κ1) is 21.3. The number of amides is 2. The number of ether oxygens (including phenoxy) is 2. The normalized spacial score (nSPS) is 10.2. The van der Waals surface area contributed by atoms with E-state index in [4.69, 9.17) is 9.47 Å². The Morgan fingerprint density at radius 2 is 1.71 bits per heavy atom. The molecular weight excluding hydrogens is 356 g/mol. The molecule has 0 radical (unpaired) electrons. The molecule has 2 aromatic rings. The van der Waals surface area contributed by atoms with Crippen LogP contribution in [0.2, 0.25) is 0 Å². The summed E-state index contributed by atoms with van der Waals surface area (Å²) in [6.45, 7) is 5.36. The van der Waals surface area contributed by atoms with Gasteiger partial charge in [-0.1, -0.05) is 43.7 Å². The van der Waals surface area contributed by atoms with Crippen LogP contribution in [0.5, 0.6) is 5.75 Å². The standard InChI is InChI=1S/C22H28N2O4/c1-3-4-15-28-21(25)18-11-6-7-12-19(18)24-22(26)23-14-9-16-27-20-13-8-5-10-17(20)2/h5-8,10-13H,3-4,9,14-16H2,1-2H3,(H2,23,24,26). The van der Waals surface area contributed by atoms with E-state index in [2.05, 4.69) is 10.6 Å². The maximum atomic E-state index is 12.2. The summed E-state index contributed by atoms with van der Waals surface area (Å²) in [6.07, 6.45) is 2.43. The van der Waals surface area contributed by atoms with Crippen molar-refractivity contribution >= 4 is 17.7 Å². The van der Waals surface area contributed by atoms with Crippen LogP contribution in [-0.2, 0) is 4.74 Å². The first-order valence-electron chi connectivity index (χ1n) is 9.61. The topological polar surface area (TPSA) is 76.7 Å². The van der Waals surface area contributed by atoms with Gasteiger partial charge in [-0.15, -0.1) is 0 Å². The molecule has 0 heterocycles. The zero-order chi connectivity index (χ0) is 20.2. The van der Waals surface area contributed by atoms with Gasteiger partial charge in [0.25, 0.3) is 0 Å². The maximum absolute atomic E-state index is 12.2. The first-order valence-corrected chi connectivity index (χ1v) is 9.61. The number of rotatable bonds is 10. The molecule has 0 atom stereocenters. The Labute approximate surface area is 166 Å². The van der Waals surface area contributed by atoms with Crippen LogP contribution in [0.25, 0.3) is 0 Å². The van der Waals surface area contributed by atoms with Crippen LogP contribution in [0.3, 0.4) is 0 Å². The molecular formula is C22H28N2O4. The smallest absolute Gasteiger partial charge is 0.340 e. The van der Waals surface area contributed by atoms with Crippen LogP contribution < -0.4 is 15.4 Å². The van der Waals surface area contributed by atoms with Crippen molar-refractivity contribution < 1.29 is 19.1 Å². The van der Waals surface area contributed by atoms with Crippen LogP contribution in [0, 0.1) is 6.92 Å². The zero-order valence-electron chi connectivity index (χ0n) is 16.5. The van der Waals surface area contributed by atoms with Gasteiger partial charge in [-0.2, -0.15) is 0 Å². The van der Waals surface area contributed by atoms with E-state index < -0.39 is 5.97 Å². The molecule has 0 unspecified atom stereocenters. The molecule has 0 aliphatic rings. The van der Waals surface area contributed by atoms with Crippen molar-refractivity contribution in [3.63, 3.8) is 0 Å². The fraction of sp³-hybridized carbons (Fsp3) is 0.364. The highest BCUT2D eigenvalue weighted by Crippen LogP contribution is 2.17. The predicted molar refractivity (Wildman–Crippen MR) is 110 cm³/mol. The van der Waals surface area contributed by atoms with Crippen molar-refractivity contribution in [1.82, 2.24) is 5.32 Å². The lowest BCUT2D eigenvalue weighted by atomic mass is 10.2. The second-order valence-electron chi connectivity index (χ2n) is 6.38. The largest absolute Gasteiger partial charge is 0.493 e. The summed E-state index contributed by atoms with van der Waals surface area (Å²) >= 11 is 0. The Balaban J connectivity index is 1.75. The van der Waals surface area contributed by atoms with Crippen molar-refractivity contribution in [2.75, 3.05) is 25.1 Å². The molecule has 150 valence electrons. The Morgan fingerprint density at radius 3 is 2.50 bits per heavy atom. The summed E-state index contributed by atoms with van der Waals surface area (Å²) in [5.74, 6) is 0.415. The molecule has 0 saturated heterocycles. The third-order valence-electron chi connectivity index (χ3n) is 4.08. The molecule has 28 heavy (non-hydrogen) atoms. The highest BCUT2D eigenvalue weighted by Gasteiger charge is 2.14. The van der Waals surface area contributed by atoms with E-state index in [1.165, 1.54) is 0 Å². The molecule has 6 heteroatoms. The molecule has 0 aromatic heterocycles. The molecule has 2 amide bonds. The van der Waals surface area contributed by atoms with E-state index in [1.54, 1.807) is 24.3 Å². The molecule has 0 fully saturated rings. The van der Waals surface area contributed by atoms with Crippen LogP contribution >= 0.6 is 0 Å². The quantitative estimate of drug-likeness (QED) is 0.466. The number of hydrogen-bond acceptors (Lipinski definition) is 4. The van der Waals surface area contributed by atoms with Gasteiger partial charge in [0.05, 0.1) is 24.5 Å². The summed E-state index contributed by atoms with van der Waals surface area (Å²) in [5.41, 5.74) is 1.85. The van der Waals surface area contributed by atoms with Gasteiger partial charge in [0.1, 0.15) is 5.75 Å². The van der Waals surface area contributed by atoms with Crippen LogP contribution in [0.15, 0.2) is 48.5 Å². The van der Waals surface area contributed by atoms with Gasteiger partial charge in [0.15, 0.2) is 0 Å². The first-order chi connectivity index (χ1) is 13.6. The van der Waals surface area contributed by atoms with Crippen molar-refractivity contribution in [3.05, 3.63) is 59.7 Å². The molecule has 0 bridgehead atoms. The van der Waals surface area contributed by atoms with Gasteiger partial charge in [0.2, 0.25) is 0 Å². The number of nitrogens with one attached hydrogen (secondary N) is 2. The number of carbonyl (C=O) groups is 2. The molecule has 0 saturated carbocycles. The molecule has 0 spiro atoms. The van der Waals surface area contributed by atoms with E-state index in [-0.39, 0.29) is 6.03 Å². The summed E-state index contributed by atoms with van der Waals surface area (Å²) < 4.78 is 10.9. The third kappa shape index (κ3) is 6.95. The van der Waals surface area contributed by atoms with Crippen molar-refractivity contribution in [3.8, 4) is 5.75 Å². The summed E-state index contributed by atoms with van der Waals surface area (Å²) in [7, 11) is 0. The number of urea groups is 1. The lowest BCUT2D eigenvalue weighted by molar-refractivity contribution is 0.0501. The Morgan fingerprint density at radius 1 is 0.964 bits per heavy atom. The van der Waals surface area contributed by atoms with Gasteiger partial charge in [-0.3, -0.25) is 0 Å². The minimum atomic E-state index is -0.434. The zero-order valence-corrected chi connectivity index (χ0v) is 16.5. The molecule has 6 nitrogen and oxygen atoms in total. The van der Waals surface area contributed by atoms with Gasteiger partial charge in [-0.25, -0.2) is 9.59 Å². The van der Waals surface area contributed by atoms with E-state index >= 15 is 0 Å². The second-order valence-corrected chi connectivity index (χ2v) is 6.38. The van der Waals surface area contributed by atoms with E-state index in [0.29, 0.717) is 37.4 Å². The summed E-state index contributed by atoms with van der Waals surface area (Å²) in [4.78, 5) is 24.3. The average Bonchev–Trinajstić information content (AvgIpc) is 2.69. The summed E-state index contributed by atoms with van der Waals surface area (Å²) in [6, 6.07) is 14.3. The van der Waals surface area contributed by atoms with Gasteiger partial charge < -0.3 is 20.1 Å². The number of carbonyl (C=O) groups excluding carboxylic acids is 2. The molecule has 0 aliphatic carbocycles. The Kier molecular flexibility index (Phi) is 8.85. The monoisotopic (exact) mass is 384 g/mol. The van der Waals surface area contributed by atoms with E-state index in [1.807, 2.05) is 38.1 Å². The fourth-order valence-electron chi connectivity index (χ4n) is 2.50. The maximum Gasteiger partial charge on any atom is 0.340 e. The van der Waals surface area contributed by atoms with Crippen molar-refractivity contribution in [2.24, 2.45) is 0 Å². The molecule has 2 N–H and O–H groups in total. The van der Waals surface area contributed by atoms with Crippen LogP contribution in [0.4, 0.5) is 10.5 Å². The SMILES string of the molecule is CCCCOC(=O)c1ccccc1NC(=O)NCCCOc1ccccc1C. The predicted octanol–water partition coefficient (Wildman–Crippen LogP) is 4.54. The Hall–Kier alpha value is -3.02. The highest BCUT2D eigenvalue weighted by molar-refractivity contribution is 6.00. The van der Waals surface area contributed by atoms with Crippen LogP contribution in [-0.4, -0.2) is 31.8 Å². The molecule has 2 aromatic carbocycles. The highest BCUT2D eigenvalue weighted by atomic mass is 16.5. The van der Waals surface area contributed by atoms with Gasteiger partial charge in [-0.05, 0) is 43.5 Å². The van der Waals surface area contributed by atoms with Crippen molar-refractivity contribution in [1.29, 1.82) is 0 Å². The number of aryl methyl sites for hydroxylation is 1. The van der Waals surface area contributed by atoms with Gasteiger partial charge >= 0.3 is 12.0 Å². The molecule has 2 rings (SSSR count). The van der Waals surface area contributed by atoms with E-state index in [0.717, 1.165) is 24.2 Å².